The molecule has 460 valence electrons. The molecule has 3 heterocycles. The van der Waals surface area contributed by atoms with Crippen LogP contribution < -0.4 is 25.7 Å². The number of anilines is 4. The Morgan fingerprint density at radius 3 is 1.30 bits per heavy atom. The van der Waals surface area contributed by atoms with Gasteiger partial charge in [0, 0.05) is 67.2 Å². The molecule has 1 aromatic heterocycles. The van der Waals surface area contributed by atoms with E-state index < -0.39 is 7.14 Å². The fraction of sp³-hybridized carbons (Fsp3) is 0.0814. The van der Waals surface area contributed by atoms with E-state index in [0.717, 1.165) is 88.0 Å². The lowest BCUT2D eigenvalue weighted by Crippen LogP contribution is -2.31. The standard InChI is InChI=1S/C35H22N6.C32H21N3.C19H17OP/c1-21-11-26(40-32-7-3-22(18-36)13-28(32)29-14-23(19-37)4-8-33(29)40)17-27(12-21)41-34-9-5-24(20-38)15-30(34)31-16-25(39-2)6-10-35(31)41;1-20-33-31(29-25-14-6-2-10-21(25)18-22-11-3-7-15-26(22)29)35-32(34-20)30-27-16-8-4-12-23(27)19-24-13-5-9-17-28(24)30;1-16-12-14-19(15-13-16)21(20,17-8-4-2-5-9-17)18-10-6-3-7-11-18/h3-17,28,31-32,35H,1H3;2-19H,1H3;2-15H,1H3. The van der Waals surface area contributed by atoms with Crippen molar-refractivity contribution in [1.82, 2.24) is 15.0 Å². The topological polar surface area (TPSA) is 138 Å². The van der Waals surface area contributed by atoms with Crippen molar-refractivity contribution in [3.8, 4) is 41.0 Å². The van der Waals surface area contributed by atoms with Gasteiger partial charge in [0.1, 0.15) is 5.82 Å². The first-order valence-electron chi connectivity index (χ1n) is 32.2. The monoisotopic (exact) mass is 1270 g/mol. The number of allylic oxidation sites excluding steroid dienone is 3. The molecule has 10 nitrogen and oxygen atoms in total. The molecule has 17 rings (SSSR count). The first kappa shape index (κ1) is 60.7. The molecule has 0 bridgehead atoms. The molecule has 4 aliphatic rings. The smallest absolute Gasteiger partial charge is 0.183 e. The summed E-state index contributed by atoms with van der Waals surface area (Å²) in [6.07, 6.45) is 12.0. The summed E-state index contributed by atoms with van der Waals surface area (Å²) < 4.78 is 13.9. The van der Waals surface area contributed by atoms with Crippen molar-refractivity contribution in [2.24, 2.45) is 0 Å². The van der Waals surface area contributed by atoms with Crippen LogP contribution in [0.25, 0.3) is 70.7 Å². The van der Waals surface area contributed by atoms with Crippen LogP contribution in [0, 0.1) is 61.3 Å². The highest BCUT2D eigenvalue weighted by molar-refractivity contribution is 7.85. The van der Waals surface area contributed by atoms with E-state index in [4.69, 9.17) is 21.5 Å². The number of hydrogen-bond acceptors (Lipinski definition) is 9. The molecule has 0 radical (unpaired) electrons. The molecule has 97 heavy (non-hydrogen) atoms. The van der Waals surface area contributed by atoms with Gasteiger partial charge in [0.25, 0.3) is 0 Å². The van der Waals surface area contributed by atoms with Crippen molar-refractivity contribution in [3.05, 3.63) is 347 Å². The van der Waals surface area contributed by atoms with Gasteiger partial charge in [-0.1, -0.05) is 218 Å². The Morgan fingerprint density at radius 2 is 0.856 bits per heavy atom. The highest BCUT2D eigenvalue weighted by atomic mass is 31.2. The minimum absolute atomic E-state index is 0.0217. The number of benzene rings is 12. The Hall–Kier alpha value is -12.6. The number of nitrogens with zero attached hydrogens (tertiary/aromatic N) is 9. The normalized spacial score (nSPS) is 16.2. The lowest BCUT2D eigenvalue weighted by atomic mass is 9.88. The Morgan fingerprint density at radius 1 is 0.433 bits per heavy atom. The number of hydrogen-bond donors (Lipinski definition) is 0. The van der Waals surface area contributed by atoms with E-state index >= 15 is 0 Å². The Balaban J connectivity index is 0.000000125. The van der Waals surface area contributed by atoms with Gasteiger partial charge in [0.05, 0.1) is 48.0 Å². The number of aromatic nitrogens is 3. The molecule has 12 aromatic carbocycles. The predicted octanol–water partition coefficient (Wildman–Crippen LogP) is 19.1. The molecule has 0 N–H and O–H groups in total. The molecule has 13 aromatic rings. The molecular weight excluding hydrogens is 1210 g/mol. The lowest BCUT2D eigenvalue weighted by molar-refractivity contribution is 0.592. The summed E-state index contributed by atoms with van der Waals surface area (Å²) in [5, 5.41) is 40.7. The lowest BCUT2D eigenvalue weighted by Gasteiger charge is -2.33. The van der Waals surface area contributed by atoms with Crippen molar-refractivity contribution in [1.29, 1.82) is 15.8 Å². The number of nitriles is 3. The van der Waals surface area contributed by atoms with E-state index in [2.05, 4.69) is 179 Å². The average Bonchev–Trinajstić information content (AvgIpc) is 1.67. The molecule has 0 spiro atoms. The van der Waals surface area contributed by atoms with Gasteiger partial charge < -0.3 is 14.4 Å². The summed E-state index contributed by atoms with van der Waals surface area (Å²) in [6.45, 7) is 13.6. The highest BCUT2D eigenvalue weighted by Gasteiger charge is 2.42. The van der Waals surface area contributed by atoms with Crippen LogP contribution >= 0.6 is 7.14 Å². The Kier molecular flexibility index (Phi) is 15.9. The summed E-state index contributed by atoms with van der Waals surface area (Å²) in [5.41, 5.74) is 13.0. The van der Waals surface area contributed by atoms with Crippen molar-refractivity contribution in [2.45, 2.75) is 44.7 Å². The van der Waals surface area contributed by atoms with Gasteiger partial charge in [-0.15, -0.1) is 0 Å². The summed E-state index contributed by atoms with van der Waals surface area (Å²) in [5.74, 6) is 2.05. The number of rotatable bonds is 7. The first-order chi connectivity index (χ1) is 47.5. The third-order valence-electron chi connectivity index (χ3n) is 18.8. The Labute approximate surface area is 563 Å². The van der Waals surface area contributed by atoms with Gasteiger partial charge in [-0.3, -0.25) is 0 Å². The van der Waals surface area contributed by atoms with Crippen LogP contribution in [0.15, 0.2) is 296 Å². The van der Waals surface area contributed by atoms with Crippen molar-refractivity contribution >= 4 is 88.9 Å². The van der Waals surface area contributed by atoms with Crippen LogP contribution in [0.4, 0.5) is 22.7 Å². The molecule has 2 aliphatic heterocycles. The molecule has 0 amide bonds. The average molecular weight is 1270 g/mol. The minimum atomic E-state index is -2.80. The van der Waals surface area contributed by atoms with E-state index in [9.17, 15) is 20.4 Å². The van der Waals surface area contributed by atoms with E-state index in [0.29, 0.717) is 39.9 Å². The summed E-state index contributed by atoms with van der Waals surface area (Å²) >= 11 is 0. The van der Waals surface area contributed by atoms with Gasteiger partial charge in [0.2, 0.25) is 0 Å². The second kappa shape index (κ2) is 25.4. The molecule has 4 atom stereocenters. The molecule has 0 saturated heterocycles. The molecule has 0 fully saturated rings. The maximum Gasteiger partial charge on any atom is 0.183 e. The first-order valence-corrected chi connectivity index (χ1v) is 33.9. The van der Waals surface area contributed by atoms with E-state index in [1.165, 1.54) is 27.1 Å². The van der Waals surface area contributed by atoms with E-state index in [1.807, 2.05) is 159 Å². The van der Waals surface area contributed by atoms with Gasteiger partial charge in [-0.2, -0.15) is 15.8 Å². The quantitative estimate of drug-likeness (QED) is 0.0867. The van der Waals surface area contributed by atoms with Crippen molar-refractivity contribution in [2.75, 3.05) is 9.80 Å². The highest BCUT2D eigenvalue weighted by Crippen LogP contribution is 2.53. The fourth-order valence-corrected chi connectivity index (χ4v) is 17.0. The predicted molar refractivity (Wildman–Crippen MR) is 394 cm³/mol. The van der Waals surface area contributed by atoms with Crippen LogP contribution in [-0.4, -0.2) is 27.0 Å². The fourth-order valence-electron chi connectivity index (χ4n) is 14.4. The van der Waals surface area contributed by atoms with E-state index in [1.54, 1.807) is 0 Å². The van der Waals surface area contributed by atoms with Gasteiger partial charge in [-0.25, -0.2) is 19.8 Å². The number of fused-ring (bicyclic) bond motifs is 10. The summed E-state index contributed by atoms with van der Waals surface area (Å²) in [6, 6.07) is 90.7. The molecule has 4 unspecified atom stereocenters. The van der Waals surface area contributed by atoms with Crippen LogP contribution in [0.2, 0.25) is 0 Å². The maximum atomic E-state index is 13.9. The van der Waals surface area contributed by atoms with Crippen molar-refractivity contribution < 1.29 is 4.57 Å². The third kappa shape index (κ3) is 11.1. The largest absolute Gasteiger partial charge is 0.333 e. The van der Waals surface area contributed by atoms with Gasteiger partial charge in [-0.05, 0) is 153 Å². The minimum Gasteiger partial charge on any atom is -0.333 e. The zero-order valence-corrected chi connectivity index (χ0v) is 54.2. The zero-order valence-electron chi connectivity index (χ0n) is 53.3. The zero-order chi connectivity index (χ0) is 66.3. The molecular formula is C86H60N9OP. The van der Waals surface area contributed by atoms with Crippen LogP contribution in [0.3, 0.4) is 0 Å². The summed E-state index contributed by atoms with van der Waals surface area (Å²) in [7, 11) is -2.80. The molecule has 11 heteroatoms. The van der Waals surface area contributed by atoms with Crippen LogP contribution in [0.5, 0.6) is 0 Å². The maximum absolute atomic E-state index is 13.9. The second-order valence-corrected chi connectivity index (χ2v) is 27.5. The molecule has 0 saturated carbocycles. The van der Waals surface area contributed by atoms with Crippen molar-refractivity contribution in [3.63, 3.8) is 0 Å². The van der Waals surface area contributed by atoms with Crippen LogP contribution in [0.1, 0.15) is 51.0 Å². The SMILES string of the molecule is Cc1ccc(P(=O)(c2ccccc2)c2ccccc2)cc1.Cc1nc(-c2c3ccccc3cc3ccccc23)nc(-c2c3ccccc3cc3ccccc23)n1.[C-]#[N+]C1=CC2c3cc(C#N)ccc3N(c3cc(C)cc(N4c5ccc(C#N)cc5C5C=C(C#N)C=CC54)c3)C2C=C1. The van der Waals surface area contributed by atoms with E-state index in [-0.39, 0.29) is 23.9 Å². The number of aryl methyl sites for hydroxylation is 3. The Bertz CT molecular complexity index is 5280. The second-order valence-electron chi connectivity index (χ2n) is 24.8. The van der Waals surface area contributed by atoms with Gasteiger partial charge in [0.15, 0.2) is 24.5 Å². The van der Waals surface area contributed by atoms with Crippen LogP contribution in [-0.2, 0) is 4.57 Å². The third-order valence-corrected chi connectivity index (χ3v) is 21.8. The molecule has 2 aliphatic carbocycles. The van der Waals surface area contributed by atoms with Gasteiger partial charge >= 0.3 is 0 Å². The summed E-state index contributed by atoms with van der Waals surface area (Å²) in [4.78, 5) is 23.2.